The zero-order valence-corrected chi connectivity index (χ0v) is 19.9. The molecule has 4 aromatic rings. The van der Waals surface area contributed by atoms with Crippen molar-refractivity contribution >= 4 is 11.6 Å². The van der Waals surface area contributed by atoms with Gasteiger partial charge in [0.15, 0.2) is 11.5 Å². The third kappa shape index (κ3) is 5.18. The second-order valence-electron chi connectivity index (χ2n) is 7.74. The molecule has 1 aromatic carbocycles. The molecule has 8 heteroatoms. The molecule has 154 valence electrons. The molecule has 0 aliphatic rings. The van der Waals surface area contributed by atoms with Gasteiger partial charge >= 0.3 is 35.5 Å². The van der Waals surface area contributed by atoms with Gasteiger partial charge in [0.1, 0.15) is 5.92 Å². The molecule has 0 fully saturated rings. The Hall–Kier alpha value is -2.61. The Balaban J connectivity index is 0.00000181. The summed E-state index contributed by atoms with van der Waals surface area (Å²) in [5.74, 6) is -1.03. The molecule has 0 radical (unpaired) electrons. The molecule has 0 aliphatic heterocycles. The third-order valence-corrected chi connectivity index (χ3v) is 4.93. The average molecular weight is 425 g/mol. The number of aromatic nitrogens is 5. The summed E-state index contributed by atoms with van der Waals surface area (Å²) in [6.45, 7) is 4.24. The first-order valence-electron chi connectivity index (χ1n) is 9.94. The van der Waals surface area contributed by atoms with Crippen LogP contribution in [-0.4, -0.2) is 35.6 Å². The van der Waals surface area contributed by atoms with E-state index >= 15 is 0 Å². The number of hydrogen-bond acceptors (Lipinski definition) is 5. The van der Waals surface area contributed by atoms with Crippen LogP contribution in [0.15, 0.2) is 61.1 Å². The van der Waals surface area contributed by atoms with Crippen molar-refractivity contribution in [2.75, 3.05) is 0 Å². The van der Waals surface area contributed by atoms with Crippen molar-refractivity contribution in [3.05, 3.63) is 78.1 Å². The summed E-state index contributed by atoms with van der Waals surface area (Å²) in [4.78, 5) is 21.1. The molecule has 0 spiro atoms. The summed E-state index contributed by atoms with van der Waals surface area (Å²) >= 11 is 0. The Kier molecular flexibility index (Phi) is 7.54. The van der Waals surface area contributed by atoms with Gasteiger partial charge in [0, 0.05) is 24.2 Å². The number of hydrogen-bond donors (Lipinski definition) is 1. The van der Waals surface area contributed by atoms with Crippen molar-refractivity contribution in [2.24, 2.45) is 5.92 Å². The van der Waals surface area contributed by atoms with Crippen molar-refractivity contribution in [1.82, 2.24) is 24.6 Å². The third-order valence-electron chi connectivity index (χ3n) is 4.93. The van der Waals surface area contributed by atoms with Crippen LogP contribution in [0.5, 0.6) is 0 Å². The van der Waals surface area contributed by atoms with Crippen LogP contribution in [0.25, 0.3) is 16.9 Å². The zero-order valence-electron chi connectivity index (χ0n) is 18.9. The number of carboxylic acid groups (broad SMARTS) is 1. The minimum atomic E-state index is -0.948. The van der Waals surface area contributed by atoms with Crippen LogP contribution in [0.2, 0.25) is 0 Å². The summed E-state index contributed by atoms with van der Waals surface area (Å²) < 4.78 is 1.79. The Morgan fingerprint density at radius 1 is 1.10 bits per heavy atom. The van der Waals surface area contributed by atoms with Crippen molar-refractivity contribution in [1.29, 1.82) is 0 Å². The van der Waals surface area contributed by atoms with E-state index < -0.39 is 11.9 Å². The molecule has 7 nitrogen and oxygen atoms in total. The Morgan fingerprint density at radius 3 is 2.52 bits per heavy atom. The normalized spacial score (nSPS) is 12.0. The van der Waals surface area contributed by atoms with Gasteiger partial charge in [0.25, 0.3) is 0 Å². The first-order valence-corrected chi connectivity index (χ1v) is 9.94. The van der Waals surface area contributed by atoms with Crippen LogP contribution in [0.3, 0.4) is 0 Å². The van der Waals surface area contributed by atoms with Crippen LogP contribution < -0.4 is 29.6 Å². The number of nitrogens with zero attached hydrogens (tertiary/aromatic N) is 5. The number of fused-ring (bicyclic) bond motifs is 1. The van der Waals surface area contributed by atoms with E-state index in [1.165, 1.54) is 0 Å². The molecular formula is C23H24N5NaO2. The van der Waals surface area contributed by atoms with Gasteiger partial charge in [-0.15, -0.1) is 10.2 Å². The number of benzene rings is 1. The largest absolute Gasteiger partial charge is 1.00 e. The van der Waals surface area contributed by atoms with E-state index in [-0.39, 0.29) is 37.4 Å². The second-order valence-corrected chi connectivity index (χ2v) is 7.74. The van der Waals surface area contributed by atoms with E-state index in [2.05, 4.69) is 29.0 Å². The molecule has 1 atom stereocenters. The fraction of sp³-hybridized carbons (Fsp3) is 0.261. The van der Waals surface area contributed by atoms with E-state index in [4.69, 9.17) is 4.98 Å². The van der Waals surface area contributed by atoms with Crippen LogP contribution in [-0.2, 0) is 17.6 Å². The number of aliphatic carboxylic acids is 1. The van der Waals surface area contributed by atoms with E-state index in [0.717, 1.165) is 28.9 Å². The predicted molar refractivity (Wildman–Crippen MR) is 114 cm³/mol. The summed E-state index contributed by atoms with van der Waals surface area (Å²) in [5, 5.41) is 18.6. The van der Waals surface area contributed by atoms with Gasteiger partial charge in [-0.1, -0.05) is 50.2 Å². The predicted octanol–water partition coefficient (Wildman–Crippen LogP) is 0.912. The quantitative estimate of drug-likeness (QED) is 0.443. The smallest absolute Gasteiger partial charge is 1.00 e. The number of pyridine rings is 1. The van der Waals surface area contributed by atoms with Gasteiger partial charge in [-0.05, 0) is 30.4 Å². The molecule has 1 N–H and O–H groups in total. The maximum Gasteiger partial charge on any atom is 1.00 e. The van der Waals surface area contributed by atoms with Crippen LogP contribution in [0.4, 0.5) is 0 Å². The number of rotatable bonds is 7. The minimum absolute atomic E-state index is 0. The monoisotopic (exact) mass is 425 g/mol. The number of carboxylic acids is 1. The molecule has 0 saturated heterocycles. The molecule has 0 saturated carbocycles. The maximum absolute atomic E-state index is 12.1. The molecule has 31 heavy (non-hydrogen) atoms. The Labute approximate surface area is 204 Å². The van der Waals surface area contributed by atoms with Crippen LogP contribution in [0, 0.1) is 5.92 Å². The standard InChI is InChI=1S/C23H23N5O2.Na.H/c1-15(2)11-19-22-27-26-21(18(23(29)30)12-16-7-6-10-24-13-16)28(22)14-20(25-19)17-8-4-3-5-9-17;;/h3-10,13-15,18H,11-12H2,1-2H3,(H,29,30);;/q;+1;-1. The van der Waals surface area contributed by atoms with Gasteiger partial charge in [-0.2, -0.15) is 0 Å². The van der Waals surface area contributed by atoms with Crippen molar-refractivity contribution in [2.45, 2.75) is 32.6 Å². The van der Waals surface area contributed by atoms with Gasteiger partial charge in [0.2, 0.25) is 0 Å². The van der Waals surface area contributed by atoms with Crippen LogP contribution in [0.1, 0.15) is 38.3 Å². The molecular weight excluding hydrogens is 401 g/mol. The number of carbonyl (C=O) groups is 1. The van der Waals surface area contributed by atoms with E-state index in [9.17, 15) is 9.90 Å². The Bertz CT molecular complexity index is 1170. The van der Waals surface area contributed by atoms with Crippen molar-refractivity contribution in [3.63, 3.8) is 0 Å². The van der Waals surface area contributed by atoms with Gasteiger partial charge in [0.05, 0.1) is 11.4 Å². The molecule has 4 rings (SSSR count). The van der Waals surface area contributed by atoms with E-state index in [0.29, 0.717) is 17.4 Å². The first kappa shape index (κ1) is 23.1. The van der Waals surface area contributed by atoms with Gasteiger partial charge in [-0.3, -0.25) is 14.2 Å². The molecule has 0 amide bonds. The van der Waals surface area contributed by atoms with Crippen LogP contribution >= 0.6 is 0 Å². The fourth-order valence-electron chi connectivity index (χ4n) is 3.53. The summed E-state index contributed by atoms with van der Waals surface area (Å²) in [6.07, 6.45) is 6.19. The molecule has 3 aromatic heterocycles. The molecule has 0 bridgehead atoms. The first-order chi connectivity index (χ1) is 14.5. The zero-order chi connectivity index (χ0) is 21.1. The summed E-state index contributed by atoms with van der Waals surface area (Å²) in [5.41, 5.74) is 3.99. The molecule has 0 aliphatic carbocycles. The van der Waals surface area contributed by atoms with Crippen molar-refractivity contribution in [3.8, 4) is 11.3 Å². The fourth-order valence-corrected chi connectivity index (χ4v) is 3.53. The SMILES string of the molecule is CC(C)Cc1nc(-c2ccccc2)cn2c(C(Cc3cccnc3)C(=O)O)nnc12.[H-].[Na+]. The van der Waals surface area contributed by atoms with Crippen molar-refractivity contribution < 1.29 is 40.9 Å². The molecule has 3 heterocycles. The van der Waals surface area contributed by atoms with Gasteiger partial charge in [-0.25, -0.2) is 4.98 Å². The van der Waals surface area contributed by atoms with E-state index in [1.54, 1.807) is 22.9 Å². The summed E-state index contributed by atoms with van der Waals surface area (Å²) in [7, 11) is 0. The van der Waals surface area contributed by atoms with Gasteiger partial charge < -0.3 is 6.53 Å². The average Bonchev–Trinajstić information content (AvgIpc) is 3.17. The maximum atomic E-state index is 12.1. The molecule has 1 unspecified atom stereocenters. The Morgan fingerprint density at radius 2 is 1.87 bits per heavy atom. The van der Waals surface area contributed by atoms with E-state index in [1.807, 2.05) is 42.6 Å². The topological polar surface area (TPSA) is 93.3 Å². The minimum Gasteiger partial charge on any atom is -1.00 e. The summed E-state index contributed by atoms with van der Waals surface area (Å²) in [6, 6.07) is 13.5. The second kappa shape index (κ2) is 10.1.